The van der Waals surface area contributed by atoms with E-state index in [4.69, 9.17) is 10.00 Å². The van der Waals surface area contributed by atoms with Gasteiger partial charge in [0, 0.05) is 24.6 Å². The molecule has 16 heavy (non-hydrogen) atoms. The van der Waals surface area contributed by atoms with Crippen molar-refractivity contribution in [3.63, 3.8) is 0 Å². The first-order valence-corrected chi connectivity index (χ1v) is 5.10. The van der Waals surface area contributed by atoms with Crippen molar-refractivity contribution in [3.8, 4) is 6.07 Å². The molecule has 0 unspecified atom stereocenters. The Morgan fingerprint density at radius 1 is 1.44 bits per heavy atom. The Morgan fingerprint density at radius 3 is 3.00 bits per heavy atom. The number of hydrogen-bond donors (Lipinski definition) is 2. The number of nitrogens with zero attached hydrogens (tertiary/aromatic N) is 1. The van der Waals surface area contributed by atoms with E-state index in [1.807, 2.05) is 24.3 Å². The van der Waals surface area contributed by atoms with Crippen LogP contribution in [0, 0.1) is 11.3 Å². The van der Waals surface area contributed by atoms with E-state index in [0.717, 1.165) is 16.7 Å². The highest BCUT2D eigenvalue weighted by atomic mass is 16.5. The molecule has 4 nitrogen and oxygen atoms in total. The minimum Gasteiger partial charge on any atom is -0.383 e. The normalized spacial score (nSPS) is 10.2. The largest absolute Gasteiger partial charge is 0.383 e. The highest BCUT2D eigenvalue weighted by Gasteiger charge is 2.09. The maximum atomic E-state index is 9.12. The van der Waals surface area contributed by atoms with Crippen LogP contribution >= 0.6 is 0 Å². The van der Waals surface area contributed by atoms with Gasteiger partial charge in [0.2, 0.25) is 0 Å². The Kier molecular flexibility index (Phi) is 3.08. The van der Waals surface area contributed by atoms with E-state index in [9.17, 15) is 0 Å². The monoisotopic (exact) mass is 215 g/mol. The molecule has 0 saturated carbocycles. The number of nitriles is 1. The molecule has 0 saturated heterocycles. The van der Waals surface area contributed by atoms with E-state index in [-0.39, 0.29) is 0 Å². The van der Waals surface area contributed by atoms with Gasteiger partial charge in [0.1, 0.15) is 17.5 Å². The number of fused-ring (bicyclic) bond motifs is 1. The van der Waals surface area contributed by atoms with E-state index in [0.29, 0.717) is 18.7 Å². The molecule has 0 aliphatic rings. The Balaban J connectivity index is 2.34. The van der Waals surface area contributed by atoms with Gasteiger partial charge in [-0.25, -0.2) is 0 Å². The van der Waals surface area contributed by atoms with Crippen molar-refractivity contribution in [2.24, 2.45) is 0 Å². The van der Waals surface area contributed by atoms with Gasteiger partial charge in [-0.05, 0) is 6.07 Å². The average molecular weight is 215 g/mol. The Labute approximate surface area is 93.8 Å². The van der Waals surface area contributed by atoms with E-state index < -0.39 is 0 Å². The molecular weight excluding hydrogens is 202 g/mol. The number of aromatic amines is 1. The molecule has 4 heteroatoms. The molecule has 2 rings (SSSR count). The van der Waals surface area contributed by atoms with Crippen molar-refractivity contribution in [2.45, 2.75) is 0 Å². The van der Waals surface area contributed by atoms with Gasteiger partial charge < -0.3 is 15.0 Å². The van der Waals surface area contributed by atoms with Crippen molar-refractivity contribution in [1.29, 1.82) is 5.26 Å². The Bertz CT molecular complexity index is 525. The summed E-state index contributed by atoms with van der Waals surface area (Å²) in [6.07, 6.45) is 0. The van der Waals surface area contributed by atoms with Crippen molar-refractivity contribution in [3.05, 3.63) is 29.8 Å². The van der Waals surface area contributed by atoms with Gasteiger partial charge in [0.15, 0.2) is 0 Å². The SMILES string of the molecule is COCCNc1[nH]c2ccccc2c1C#N. The van der Waals surface area contributed by atoms with Gasteiger partial charge in [-0.1, -0.05) is 18.2 Å². The summed E-state index contributed by atoms with van der Waals surface area (Å²) in [6, 6.07) is 9.97. The molecule has 1 aromatic carbocycles. The quantitative estimate of drug-likeness (QED) is 0.768. The molecule has 0 radical (unpaired) electrons. The van der Waals surface area contributed by atoms with E-state index in [1.165, 1.54) is 0 Å². The van der Waals surface area contributed by atoms with Crippen LogP contribution < -0.4 is 5.32 Å². The highest BCUT2D eigenvalue weighted by Crippen LogP contribution is 2.24. The maximum Gasteiger partial charge on any atom is 0.122 e. The fourth-order valence-corrected chi connectivity index (χ4v) is 1.67. The lowest BCUT2D eigenvalue weighted by molar-refractivity contribution is 0.210. The summed E-state index contributed by atoms with van der Waals surface area (Å²) in [4.78, 5) is 3.18. The molecule has 0 bridgehead atoms. The molecule has 0 atom stereocenters. The summed E-state index contributed by atoms with van der Waals surface area (Å²) in [6.45, 7) is 1.29. The fourth-order valence-electron chi connectivity index (χ4n) is 1.67. The van der Waals surface area contributed by atoms with Crippen LogP contribution in [-0.2, 0) is 4.74 Å². The van der Waals surface area contributed by atoms with Crippen LogP contribution in [0.25, 0.3) is 10.9 Å². The summed E-state index contributed by atoms with van der Waals surface area (Å²) in [5.74, 6) is 0.765. The summed E-state index contributed by atoms with van der Waals surface area (Å²) >= 11 is 0. The second kappa shape index (κ2) is 4.69. The molecular formula is C12H13N3O. The lowest BCUT2D eigenvalue weighted by atomic mass is 10.2. The summed E-state index contributed by atoms with van der Waals surface area (Å²) in [5.41, 5.74) is 1.63. The number of H-pyrrole nitrogens is 1. The molecule has 82 valence electrons. The van der Waals surface area contributed by atoms with Crippen LogP contribution in [0.5, 0.6) is 0 Å². The number of methoxy groups -OCH3 is 1. The zero-order valence-corrected chi connectivity index (χ0v) is 9.08. The smallest absolute Gasteiger partial charge is 0.122 e. The lowest BCUT2D eigenvalue weighted by Crippen LogP contribution is -2.08. The van der Waals surface area contributed by atoms with Crippen LogP contribution in [0.4, 0.5) is 5.82 Å². The van der Waals surface area contributed by atoms with Gasteiger partial charge in [0.25, 0.3) is 0 Å². The van der Waals surface area contributed by atoms with Gasteiger partial charge >= 0.3 is 0 Å². The topological polar surface area (TPSA) is 60.8 Å². The van der Waals surface area contributed by atoms with Crippen molar-refractivity contribution >= 4 is 16.7 Å². The van der Waals surface area contributed by atoms with Crippen LogP contribution in [0.3, 0.4) is 0 Å². The van der Waals surface area contributed by atoms with Crippen LogP contribution in [0.1, 0.15) is 5.56 Å². The van der Waals surface area contributed by atoms with Gasteiger partial charge in [-0.15, -0.1) is 0 Å². The number of rotatable bonds is 4. The molecule has 1 aromatic heterocycles. The molecule has 2 N–H and O–H groups in total. The van der Waals surface area contributed by atoms with Crippen LogP contribution in [0.15, 0.2) is 24.3 Å². The Hall–Kier alpha value is -1.99. The Morgan fingerprint density at radius 2 is 2.25 bits per heavy atom. The molecule has 0 spiro atoms. The average Bonchev–Trinajstić information content (AvgIpc) is 2.67. The van der Waals surface area contributed by atoms with Gasteiger partial charge in [-0.3, -0.25) is 0 Å². The third-order valence-corrected chi connectivity index (χ3v) is 2.43. The number of hydrogen-bond acceptors (Lipinski definition) is 3. The van der Waals surface area contributed by atoms with Gasteiger partial charge in [-0.2, -0.15) is 5.26 Å². The molecule has 2 aromatic rings. The third-order valence-electron chi connectivity index (χ3n) is 2.43. The number of anilines is 1. The molecule has 0 aliphatic carbocycles. The summed E-state index contributed by atoms with van der Waals surface area (Å²) < 4.78 is 4.95. The standard InChI is InChI=1S/C12H13N3O/c1-16-7-6-14-12-10(8-13)9-4-2-3-5-11(9)15-12/h2-5,14-15H,6-7H2,1H3. The molecule has 0 amide bonds. The predicted molar refractivity (Wildman–Crippen MR) is 63.4 cm³/mol. The number of aromatic nitrogens is 1. The number of ether oxygens (including phenoxy) is 1. The van der Waals surface area contributed by atoms with Crippen molar-refractivity contribution in [1.82, 2.24) is 4.98 Å². The predicted octanol–water partition coefficient (Wildman–Crippen LogP) is 2.10. The van der Waals surface area contributed by atoms with Crippen LogP contribution in [-0.4, -0.2) is 25.2 Å². The van der Waals surface area contributed by atoms with Crippen LogP contribution in [0.2, 0.25) is 0 Å². The highest BCUT2D eigenvalue weighted by molar-refractivity contribution is 5.91. The summed E-state index contributed by atoms with van der Waals surface area (Å²) in [7, 11) is 1.65. The minimum atomic E-state index is 0.611. The van der Waals surface area contributed by atoms with E-state index in [1.54, 1.807) is 7.11 Å². The second-order valence-corrected chi connectivity index (χ2v) is 3.45. The third kappa shape index (κ3) is 1.86. The van der Waals surface area contributed by atoms with Gasteiger partial charge in [0.05, 0.1) is 6.61 Å². The second-order valence-electron chi connectivity index (χ2n) is 3.45. The lowest BCUT2D eigenvalue weighted by Gasteiger charge is -2.02. The molecule has 0 fully saturated rings. The number of para-hydroxylation sites is 1. The number of nitrogens with one attached hydrogen (secondary N) is 2. The maximum absolute atomic E-state index is 9.12. The molecule has 1 heterocycles. The van der Waals surface area contributed by atoms with E-state index in [2.05, 4.69) is 16.4 Å². The first-order valence-electron chi connectivity index (χ1n) is 5.10. The first-order chi connectivity index (χ1) is 7.86. The minimum absolute atomic E-state index is 0.611. The zero-order chi connectivity index (χ0) is 11.4. The zero-order valence-electron chi connectivity index (χ0n) is 9.08. The van der Waals surface area contributed by atoms with Crippen molar-refractivity contribution in [2.75, 3.05) is 25.6 Å². The van der Waals surface area contributed by atoms with Crippen molar-refractivity contribution < 1.29 is 4.74 Å². The first kappa shape index (κ1) is 10.5. The summed E-state index contributed by atoms with van der Waals surface area (Å²) in [5, 5.41) is 13.2. The van der Waals surface area contributed by atoms with E-state index >= 15 is 0 Å². The number of benzene rings is 1. The fraction of sp³-hybridized carbons (Fsp3) is 0.250. The molecule has 0 aliphatic heterocycles.